The molecule has 134 valence electrons. The van der Waals surface area contributed by atoms with Gasteiger partial charge in [-0.2, -0.15) is 5.26 Å². The van der Waals surface area contributed by atoms with Crippen molar-refractivity contribution in [3.05, 3.63) is 29.8 Å². The Morgan fingerprint density at radius 3 is 2.56 bits per heavy atom. The van der Waals surface area contributed by atoms with E-state index in [1.165, 1.54) is 0 Å². The van der Waals surface area contributed by atoms with Crippen molar-refractivity contribution >= 4 is 5.91 Å². The second kappa shape index (κ2) is 8.32. The molecule has 1 amide bonds. The van der Waals surface area contributed by atoms with Crippen LogP contribution in [-0.4, -0.2) is 54.3 Å². The fourth-order valence-corrected chi connectivity index (χ4v) is 3.14. The lowest BCUT2D eigenvalue weighted by Gasteiger charge is -2.33. The molecule has 1 aliphatic carbocycles. The van der Waals surface area contributed by atoms with Gasteiger partial charge in [-0.15, -0.1) is 0 Å². The second-order valence-corrected chi connectivity index (χ2v) is 6.89. The van der Waals surface area contributed by atoms with Crippen LogP contribution in [0.3, 0.4) is 0 Å². The van der Waals surface area contributed by atoms with Gasteiger partial charge in [-0.3, -0.25) is 9.69 Å². The van der Waals surface area contributed by atoms with E-state index in [0.717, 1.165) is 51.1 Å². The molecule has 1 unspecified atom stereocenters. The fourth-order valence-electron chi connectivity index (χ4n) is 3.14. The average Bonchev–Trinajstić information content (AvgIpc) is 3.46. The quantitative estimate of drug-likeness (QED) is 0.779. The first-order chi connectivity index (χ1) is 12.2. The lowest BCUT2D eigenvalue weighted by atomic mass is 9.90. The van der Waals surface area contributed by atoms with Gasteiger partial charge in [0.2, 0.25) is 5.91 Å². The minimum absolute atomic E-state index is 0.0504. The third kappa shape index (κ3) is 5.18. The Labute approximate surface area is 148 Å². The highest BCUT2D eigenvalue weighted by atomic mass is 16.5. The number of aliphatic hydroxyl groups is 1. The SMILES string of the molecule is N#Cc1ccc(OCCN2CCC(C(O)C(=O)NC3CC3)CC2)cc1. The van der Waals surface area contributed by atoms with E-state index >= 15 is 0 Å². The molecule has 2 fully saturated rings. The Kier molecular flexibility index (Phi) is 5.90. The number of carbonyl (C=O) groups excluding carboxylic acids is 1. The van der Waals surface area contributed by atoms with Gasteiger partial charge in [0, 0.05) is 12.6 Å². The third-order valence-corrected chi connectivity index (χ3v) is 4.93. The maximum Gasteiger partial charge on any atom is 0.249 e. The van der Waals surface area contributed by atoms with Crippen LogP contribution in [0, 0.1) is 17.2 Å². The van der Waals surface area contributed by atoms with Crippen molar-refractivity contribution in [3.8, 4) is 11.8 Å². The van der Waals surface area contributed by atoms with Gasteiger partial charge in [0.1, 0.15) is 18.5 Å². The van der Waals surface area contributed by atoms with Gasteiger partial charge in [0.05, 0.1) is 11.6 Å². The van der Waals surface area contributed by atoms with Gasteiger partial charge in [0.15, 0.2) is 0 Å². The Hall–Kier alpha value is -2.10. The van der Waals surface area contributed by atoms with Crippen LogP contribution in [0.1, 0.15) is 31.2 Å². The van der Waals surface area contributed by atoms with Crippen LogP contribution in [0.25, 0.3) is 0 Å². The predicted molar refractivity (Wildman–Crippen MR) is 93.0 cm³/mol. The summed E-state index contributed by atoms with van der Waals surface area (Å²) in [5.41, 5.74) is 0.624. The van der Waals surface area contributed by atoms with Crippen molar-refractivity contribution in [1.82, 2.24) is 10.2 Å². The molecule has 1 saturated carbocycles. The molecular weight excluding hydrogens is 318 g/mol. The molecule has 0 bridgehead atoms. The summed E-state index contributed by atoms with van der Waals surface area (Å²) in [6.07, 6.45) is 2.86. The molecule has 1 heterocycles. The van der Waals surface area contributed by atoms with Gasteiger partial charge >= 0.3 is 0 Å². The number of hydrogen-bond acceptors (Lipinski definition) is 5. The zero-order valence-electron chi connectivity index (χ0n) is 14.4. The molecule has 6 nitrogen and oxygen atoms in total. The van der Waals surface area contributed by atoms with E-state index < -0.39 is 6.10 Å². The summed E-state index contributed by atoms with van der Waals surface area (Å²) in [4.78, 5) is 14.2. The Bertz CT molecular complexity index is 614. The van der Waals surface area contributed by atoms with Crippen molar-refractivity contribution in [3.63, 3.8) is 0 Å². The van der Waals surface area contributed by atoms with Crippen molar-refractivity contribution in [2.75, 3.05) is 26.2 Å². The fraction of sp³-hybridized carbons (Fsp3) is 0.579. The van der Waals surface area contributed by atoms with Gasteiger partial charge in [-0.25, -0.2) is 0 Å². The number of benzene rings is 1. The van der Waals surface area contributed by atoms with Crippen LogP contribution < -0.4 is 10.1 Å². The number of nitrogens with zero attached hydrogens (tertiary/aromatic N) is 2. The molecule has 3 rings (SSSR count). The van der Waals surface area contributed by atoms with Crippen molar-refractivity contribution in [2.24, 2.45) is 5.92 Å². The first kappa shape index (κ1) is 17.7. The van der Waals surface area contributed by atoms with Crippen molar-refractivity contribution in [1.29, 1.82) is 5.26 Å². The summed E-state index contributed by atoms with van der Waals surface area (Å²) >= 11 is 0. The van der Waals surface area contributed by atoms with E-state index in [0.29, 0.717) is 18.2 Å². The highest BCUT2D eigenvalue weighted by Gasteiger charge is 2.32. The number of piperidine rings is 1. The number of ether oxygens (including phenoxy) is 1. The molecule has 25 heavy (non-hydrogen) atoms. The summed E-state index contributed by atoms with van der Waals surface area (Å²) in [5.74, 6) is 0.612. The van der Waals surface area contributed by atoms with E-state index in [4.69, 9.17) is 10.00 Å². The summed E-state index contributed by atoms with van der Waals surface area (Å²) in [6, 6.07) is 9.48. The Morgan fingerprint density at radius 1 is 1.28 bits per heavy atom. The summed E-state index contributed by atoms with van der Waals surface area (Å²) in [6.45, 7) is 3.14. The number of nitrogens with one attached hydrogen (secondary N) is 1. The number of carbonyl (C=O) groups is 1. The highest BCUT2D eigenvalue weighted by molar-refractivity contribution is 5.81. The van der Waals surface area contributed by atoms with Crippen LogP contribution in [-0.2, 0) is 4.79 Å². The van der Waals surface area contributed by atoms with E-state index in [1.54, 1.807) is 24.3 Å². The number of aliphatic hydroxyl groups excluding tert-OH is 1. The van der Waals surface area contributed by atoms with Crippen molar-refractivity contribution in [2.45, 2.75) is 37.8 Å². The van der Waals surface area contributed by atoms with Gasteiger partial charge < -0.3 is 15.2 Å². The van der Waals surface area contributed by atoms with Gasteiger partial charge in [-0.05, 0) is 69.0 Å². The molecular formula is C19H25N3O3. The maximum atomic E-state index is 11.9. The Morgan fingerprint density at radius 2 is 1.96 bits per heavy atom. The Balaban J connectivity index is 1.34. The molecule has 1 aromatic carbocycles. The normalized spacial score (nSPS) is 19.8. The lowest BCUT2D eigenvalue weighted by molar-refractivity contribution is -0.133. The monoisotopic (exact) mass is 343 g/mol. The largest absolute Gasteiger partial charge is 0.492 e. The first-order valence-electron chi connectivity index (χ1n) is 8.99. The zero-order valence-corrected chi connectivity index (χ0v) is 14.4. The number of hydrogen-bond donors (Lipinski definition) is 2. The molecule has 0 radical (unpaired) electrons. The molecule has 6 heteroatoms. The standard InChI is InChI=1S/C19H25N3O3/c20-13-14-1-5-17(6-2-14)25-12-11-22-9-7-15(8-10-22)18(23)19(24)21-16-3-4-16/h1-2,5-6,15-16,18,23H,3-4,7-12H2,(H,21,24). The minimum atomic E-state index is -0.877. The summed E-state index contributed by atoms with van der Waals surface area (Å²) in [5, 5.41) is 21.8. The zero-order chi connectivity index (χ0) is 17.6. The van der Waals surface area contributed by atoms with Crippen LogP contribution in [0.2, 0.25) is 0 Å². The molecule has 1 aromatic rings. The van der Waals surface area contributed by atoms with Crippen LogP contribution in [0.15, 0.2) is 24.3 Å². The maximum absolute atomic E-state index is 11.9. The number of likely N-dealkylation sites (tertiary alicyclic amines) is 1. The van der Waals surface area contributed by atoms with E-state index in [-0.39, 0.29) is 11.8 Å². The number of amides is 1. The smallest absolute Gasteiger partial charge is 0.249 e. The molecule has 2 aliphatic rings. The van der Waals surface area contributed by atoms with Crippen LogP contribution in [0.4, 0.5) is 0 Å². The minimum Gasteiger partial charge on any atom is -0.492 e. The third-order valence-electron chi connectivity index (χ3n) is 4.93. The van der Waals surface area contributed by atoms with Crippen LogP contribution >= 0.6 is 0 Å². The predicted octanol–water partition coefficient (Wildman–Crippen LogP) is 1.29. The van der Waals surface area contributed by atoms with E-state index in [1.807, 2.05) is 0 Å². The molecule has 2 N–H and O–H groups in total. The molecule has 0 spiro atoms. The number of nitriles is 1. The lowest BCUT2D eigenvalue weighted by Crippen LogP contribution is -2.45. The van der Waals surface area contributed by atoms with Gasteiger partial charge in [-0.1, -0.05) is 0 Å². The van der Waals surface area contributed by atoms with E-state index in [9.17, 15) is 9.90 Å². The molecule has 0 aromatic heterocycles. The highest BCUT2D eigenvalue weighted by Crippen LogP contribution is 2.23. The molecule has 1 atom stereocenters. The van der Waals surface area contributed by atoms with Crippen LogP contribution in [0.5, 0.6) is 5.75 Å². The second-order valence-electron chi connectivity index (χ2n) is 6.89. The average molecular weight is 343 g/mol. The first-order valence-corrected chi connectivity index (χ1v) is 8.99. The number of rotatable bonds is 7. The van der Waals surface area contributed by atoms with Gasteiger partial charge in [0.25, 0.3) is 0 Å². The van der Waals surface area contributed by atoms with E-state index in [2.05, 4.69) is 16.3 Å². The van der Waals surface area contributed by atoms with Crippen molar-refractivity contribution < 1.29 is 14.6 Å². The molecule has 1 aliphatic heterocycles. The molecule has 1 saturated heterocycles. The summed E-state index contributed by atoms with van der Waals surface area (Å²) in [7, 11) is 0. The topological polar surface area (TPSA) is 85.6 Å². The summed E-state index contributed by atoms with van der Waals surface area (Å²) < 4.78 is 5.71.